The highest BCUT2D eigenvalue weighted by molar-refractivity contribution is 9.10. The van der Waals surface area contributed by atoms with Crippen molar-refractivity contribution in [2.45, 2.75) is 0 Å². The van der Waals surface area contributed by atoms with Crippen molar-refractivity contribution in [1.29, 1.82) is 0 Å². The molecule has 1 amide bonds. The number of non-ortho nitro benzene ring substituents is 1. The molecule has 1 aromatic carbocycles. The molecule has 1 aliphatic rings. The number of thioether (sulfide) groups is 1. The first-order chi connectivity index (χ1) is 12.4. The second-order valence-electron chi connectivity index (χ2n) is 5.20. The van der Waals surface area contributed by atoms with Gasteiger partial charge in [-0.15, -0.1) is 6.58 Å². The largest absolute Gasteiger partial charge is 0.457 e. The predicted octanol–water partition coefficient (Wildman–Crippen LogP) is 5.00. The zero-order chi connectivity index (χ0) is 18.8. The van der Waals surface area contributed by atoms with E-state index >= 15 is 0 Å². The minimum absolute atomic E-state index is 0.0155. The summed E-state index contributed by atoms with van der Waals surface area (Å²) in [7, 11) is 0. The molecule has 0 N–H and O–H groups in total. The summed E-state index contributed by atoms with van der Waals surface area (Å²) in [6.45, 7) is 3.98. The van der Waals surface area contributed by atoms with E-state index in [-0.39, 0.29) is 11.6 Å². The van der Waals surface area contributed by atoms with Gasteiger partial charge < -0.3 is 4.42 Å². The monoisotopic (exact) mass is 450 g/mol. The fraction of sp³-hybridized carbons (Fsp3) is 0.0588. The molecule has 2 heterocycles. The molecule has 0 atom stereocenters. The van der Waals surface area contributed by atoms with E-state index in [4.69, 9.17) is 16.6 Å². The number of rotatable bonds is 5. The molecule has 0 spiro atoms. The smallest absolute Gasteiger partial charge is 0.270 e. The van der Waals surface area contributed by atoms with Crippen molar-refractivity contribution in [2.75, 3.05) is 6.54 Å². The molecular formula is C17H11BrN2O4S2. The van der Waals surface area contributed by atoms with Crippen LogP contribution in [-0.4, -0.2) is 26.6 Å². The zero-order valence-corrected chi connectivity index (χ0v) is 16.4. The predicted molar refractivity (Wildman–Crippen MR) is 109 cm³/mol. The minimum atomic E-state index is -0.465. The first-order valence-electron chi connectivity index (χ1n) is 7.31. The van der Waals surface area contributed by atoms with Gasteiger partial charge in [0, 0.05) is 34.8 Å². The van der Waals surface area contributed by atoms with E-state index in [1.54, 1.807) is 30.4 Å². The number of amides is 1. The third-order valence-corrected chi connectivity index (χ3v) is 5.55. The molecule has 0 radical (unpaired) electrons. The Morgan fingerprint density at radius 2 is 2.15 bits per heavy atom. The minimum Gasteiger partial charge on any atom is -0.457 e. The molecule has 1 saturated heterocycles. The van der Waals surface area contributed by atoms with Crippen LogP contribution in [0.2, 0.25) is 0 Å². The van der Waals surface area contributed by atoms with Gasteiger partial charge in [-0.05, 0) is 34.1 Å². The summed E-state index contributed by atoms with van der Waals surface area (Å²) in [5.41, 5.74) is 0.660. The molecule has 2 aromatic rings. The van der Waals surface area contributed by atoms with Gasteiger partial charge in [0.15, 0.2) is 0 Å². The highest BCUT2D eigenvalue weighted by Gasteiger charge is 2.31. The molecule has 1 aliphatic heterocycles. The number of nitro groups is 1. The van der Waals surface area contributed by atoms with Gasteiger partial charge in [0.25, 0.3) is 11.6 Å². The van der Waals surface area contributed by atoms with Gasteiger partial charge in [-0.25, -0.2) is 0 Å². The SMILES string of the molecule is C=CCN1C(=O)/C(=C/c2ccc(-c3ccc([N+](=O)[O-])cc3Br)o2)SC1=S. The Morgan fingerprint density at radius 3 is 2.81 bits per heavy atom. The molecule has 0 aliphatic carbocycles. The summed E-state index contributed by atoms with van der Waals surface area (Å²) in [6.07, 6.45) is 3.25. The first kappa shape index (κ1) is 18.6. The van der Waals surface area contributed by atoms with Gasteiger partial charge in [0.2, 0.25) is 0 Å². The van der Waals surface area contributed by atoms with Gasteiger partial charge in [0.05, 0.1) is 9.83 Å². The second-order valence-corrected chi connectivity index (χ2v) is 7.73. The number of hydrogen-bond donors (Lipinski definition) is 0. The quantitative estimate of drug-likeness (QED) is 0.209. The van der Waals surface area contributed by atoms with Crippen molar-refractivity contribution in [3.8, 4) is 11.3 Å². The van der Waals surface area contributed by atoms with Crippen LogP contribution < -0.4 is 0 Å². The van der Waals surface area contributed by atoms with E-state index in [9.17, 15) is 14.9 Å². The van der Waals surface area contributed by atoms with E-state index in [1.807, 2.05) is 0 Å². The van der Waals surface area contributed by atoms with Crippen molar-refractivity contribution in [2.24, 2.45) is 0 Å². The summed E-state index contributed by atoms with van der Waals surface area (Å²) in [5.74, 6) is 0.832. The van der Waals surface area contributed by atoms with E-state index in [1.165, 1.54) is 28.8 Å². The lowest BCUT2D eigenvalue weighted by Crippen LogP contribution is -2.27. The molecule has 3 rings (SSSR count). The summed E-state index contributed by atoms with van der Waals surface area (Å²) in [6, 6.07) is 7.89. The van der Waals surface area contributed by atoms with Crippen LogP contribution in [0.4, 0.5) is 5.69 Å². The summed E-state index contributed by atoms with van der Waals surface area (Å²) in [4.78, 5) is 24.6. The number of thiocarbonyl (C=S) groups is 1. The van der Waals surface area contributed by atoms with Crippen LogP contribution in [0.15, 0.2) is 56.8 Å². The number of halogens is 1. The summed E-state index contributed by atoms with van der Waals surface area (Å²) >= 11 is 9.72. The third kappa shape index (κ3) is 3.64. The average Bonchev–Trinajstić information content (AvgIpc) is 3.15. The number of hydrogen-bond acceptors (Lipinski definition) is 6. The zero-order valence-electron chi connectivity index (χ0n) is 13.2. The lowest BCUT2D eigenvalue weighted by Gasteiger charge is -2.10. The maximum absolute atomic E-state index is 12.3. The third-order valence-electron chi connectivity index (χ3n) is 3.51. The molecule has 132 valence electrons. The van der Waals surface area contributed by atoms with Crippen molar-refractivity contribution in [3.63, 3.8) is 0 Å². The van der Waals surface area contributed by atoms with Crippen LogP contribution in [0.1, 0.15) is 5.76 Å². The second kappa shape index (κ2) is 7.56. The standard InChI is InChI=1S/C17H11BrN2O4S2/c1-2-7-19-16(21)15(26-17(19)25)9-11-4-6-14(24-11)12-5-3-10(20(22)23)8-13(12)18/h2-6,8-9H,1,7H2/b15-9-. The van der Waals surface area contributed by atoms with Gasteiger partial charge in [-0.1, -0.05) is 30.1 Å². The summed E-state index contributed by atoms with van der Waals surface area (Å²) < 4.78 is 6.79. The molecule has 1 aromatic heterocycles. The summed E-state index contributed by atoms with van der Waals surface area (Å²) in [5, 5.41) is 10.8. The molecule has 1 fully saturated rings. The van der Waals surface area contributed by atoms with Crippen LogP contribution in [0.5, 0.6) is 0 Å². The van der Waals surface area contributed by atoms with Crippen molar-refractivity contribution in [1.82, 2.24) is 4.90 Å². The Kier molecular flexibility index (Phi) is 5.40. The maximum atomic E-state index is 12.3. The van der Waals surface area contributed by atoms with Crippen LogP contribution in [-0.2, 0) is 4.79 Å². The van der Waals surface area contributed by atoms with Gasteiger partial charge >= 0.3 is 0 Å². The highest BCUT2D eigenvalue weighted by Crippen LogP contribution is 2.35. The van der Waals surface area contributed by atoms with Gasteiger partial charge in [-0.2, -0.15) is 0 Å². The lowest BCUT2D eigenvalue weighted by molar-refractivity contribution is -0.384. The molecule has 0 saturated carbocycles. The highest BCUT2D eigenvalue weighted by atomic mass is 79.9. The fourth-order valence-corrected chi connectivity index (χ4v) is 4.13. The number of nitro benzene ring substituents is 1. The topological polar surface area (TPSA) is 76.6 Å². The number of nitrogens with zero attached hydrogens (tertiary/aromatic N) is 2. The Morgan fingerprint density at radius 1 is 1.38 bits per heavy atom. The number of carbonyl (C=O) groups excluding carboxylic acids is 1. The van der Waals surface area contributed by atoms with E-state index in [0.717, 1.165) is 0 Å². The average molecular weight is 451 g/mol. The van der Waals surface area contributed by atoms with E-state index < -0.39 is 4.92 Å². The maximum Gasteiger partial charge on any atom is 0.270 e. The fourth-order valence-electron chi connectivity index (χ4n) is 2.31. The van der Waals surface area contributed by atoms with Crippen molar-refractivity contribution >= 4 is 61.9 Å². The van der Waals surface area contributed by atoms with E-state index in [2.05, 4.69) is 22.5 Å². The Balaban J connectivity index is 1.87. The number of benzene rings is 1. The Bertz CT molecular complexity index is 967. The molecular weight excluding hydrogens is 440 g/mol. The van der Waals surface area contributed by atoms with Gasteiger partial charge in [0.1, 0.15) is 15.8 Å². The van der Waals surface area contributed by atoms with Crippen molar-refractivity contribution in [3.05, 3.63) is 68.2 Å². The number of furan rings is 1. The van der Waals surface area contributed by atoms with Crippen LogP contribution in [0, 0.1) is 10.1 Å². The van der Waals surface area contributed by atoms with Gasteiger partial charge in [-0.3, -0.25) is 19.8 Å². The Labute approximate surface area is 166 Å². The molecule has 9 heteroatoms. The van der Waals surface area contributed by atoms with E-state index in [0.29, 0.717) is 37.3 Å². The molecule has 0 bridgehead atoms. The Hall–Kier alpha value is -2.23. The number of carbonyl (C=O) groups is 1. The lowest BCUT2D eigenvalue weighted by atomic mass is 10.1. The molecule has 0 unspecified atom stereocenters. The first-order valence-corrected chi connectivity index (χ1v) is 9.33. The molecule has 26 heavy (non-hydrogen) atoms. The normalized spacial score (nSPS) is 15.7. The molecule has 6 nitrogen and oxygen atoms in total. The van der Waals surface area contributed by atoms with Crippen LogP contribution >= 0.6 is 39.9 Å². The van der Waals surface area contributed by atoms with Crippen molar-refractivity contribution < 1.29 is 14.1 Å². The van der Waals surface area contributed by atoms with Crippen LogP contribution in [0.3, 0.4) is 0 Å². The van der Waals surface area contributed by atoms with Crippen LogP contribution in [0.25, 0.3) is 17.4 Å².